The van der Waals surface area contributed by atoms with E-state index in [-0.39, 0.29) is 0 Å². The van der Waals surface area contributed by atoms with Crippen molar-refractivity contribution in [2.45, 2.75) is 25.7 Å². The van der Waals surface area contributed by atoms with Crippen LogP contribution in [0, 0.1) is 0 Å². The first-order valence-electron chi connectivity index (χ1n) is 23.2. The van der Waals surface area contributed by atoms with Gasteiger partial charge in [0.15, 0.2) is 11.2 Å². The minimum absolute atomic E-state index is 0.577. The van der Waals surface area contributed by atoms with E-state index in [1.54, 1.807) is 6.08 Å². The largest absolute Gasteiger partial charge is 0.436 e. The summed E-state index contributed by atoms with van der Waals surface area (Å²) in [6.45, 7) is 8.14. The smallest absolute Gasteiger partial charge is 0.227 e. The number of oxazole rings is 2. The molecular formula is C62H48N4O2. The van der Waals surface area contributed by atoms with Gasteiger partial charge >= 0.3 is 0 Å². The summed E-state index contributed by atoms with van der Waals surface area (Å²) in [4.78, 5) is 14.3. The number of anilines is 4. The number of fused-ring (bicyclic) bond motifs is 2. The Bertz CT molecular complexity index is 3460. The topological polar surface area (TPSA) is 58.5 Å². The molecule has 0 atom stereocenters. The molecule has 0 unspecified atom stereocenters. The molecule has 11 rings (SSSR count). The van der Waals surface area contributed by atoms with Crippen molar-refractivity contribution >= 4 is 50.5 Å². The molecule has 0 saturated carbocycles. The van der Waals surface area contributed by atoms with Crippen LogP contribution in [0.1, 0.15) is 31.2 Å². The van der Waals surface area contributed by atoms with Crippen molar-refractivity contribution < 1.29 is 8.83 Å². The van der Waals surface area contributed by atoms with Gasteiger partial charge in [0, 0.05) is 45.3 Å². The number of allylic oxidation sites excluding steroid dienone is 10. The number of rotatable bonds is 13. The molecule has 0 fully saturated rings. The van der Waals surface area contributed by atoms with Gasteiger partial charge in [-0.1, -0.05) is 116 Å². The summed E-state index contributed by atoms with van der Waals surface area (Å²) in [6.07, 6.45) is 23.3. The molecule has 6 nitrogen and oxygen atoms in total. The molecule has 0 amide bonds. The Labute approximate surface area is 396 Å². The number of hydrogen-bond acceptors (Lipinski definition) is 6. The van der Waals surface area contributed by atoms with Crippen LogP contribution >= 0.6 is 0 Å². The van der Waals surface area contributed by atoms with Gasteiger partial charge in [0.05, 0.1) is 0 Å². The van der Waals surface area contributed by atoms with Crippen LogP contribution in [-0.4, -0.2) is 9.97 Å². The number of benzene rings is 7. The van der Waals surface area contributed by atoms with E-state index in [1.807, 2.05) is 54.6 Å². The SMILES string of the molecule is C=C/C=C(\C=C)N(c1ccc(-c2ccc(N(C3=CCCC=C3)c3ccc(-c4nc5cc(C6=CCCC=C6)ccc5o4)cc3)cc2)cc1)c1ccc(-c2nc3cc(-c4ccccc4)ccc3o2)cc1. The summed E-state index contributed by atoms with van der Waals surface area (Å²) in [7, 11) is 0. The molecule has 0 aliphatic heterocycles. The molecule has 0 bridgehead atoms. The Morgan fingerprint density at radius 3 is 1.47 bits per heavy atom. The van der Waals surface area contributed by atoms with E-state index in [9.17, 15) is 0 Å². The zero-order valence-electron chi connectivity index (χ0n) is 37.6. The summed E-state index contributed by atoms with van der Waals surface area (Å²) in [5.41, 5.74) is 18.1. The highest BCUT2D eigenvalue weighted by molar-refractivity contribution is 5.86. The number of nitrogens with zero attached hydrogens (tertiary/aromatic N) is 4. The second kappa shape index (κ2) is 18.6. The standard InChI is InChI=1S/C62H48N4O2/c1-3-14-51(4-2)65(54-35-25-47(26-36-54)61-63-57-41-49(29-39-59(57)67-61)43-15-8-5-9-16-43)53-31-21-45(22-32-53)46-23-33-55(34-24-46)66(52-19-12-7-13-20-52)56-37-27-48(28-38-56)62-64-58-42-50(30-40-60(58)68-62)44-17-10-6-11-18-44/h3-5,8-10,12,14-42H,1-2,6-7,11,13H2/b51-14+. The average molecular weight is 881 g/mol. The molecule has 0 N–H and O–H groups in total. The van der Waals surface area contributed by atoms with Crippen LogP contribution in [0.2, 0.25) is 0 Å². The van der Waals surface area contributed by atoms with Gasteiger partial charge in [-0.3, -0.25) is 0 Å². The summed E-state index contributed by atoms with van der Waals surface area (Å²) in [5.74, 6) is 1.19. The van der Waals surface area contributed by atoms with E-state index in [4.69, 9.17) is 18.8 Å². The Balaban J connectivity index is 0.834. The quantitative estimate of drug-likeness (QED) is 0.108. The molecular weight excluding hydrogens is 833 g/mol. The second-order valence-electron chi connectivity index (χ2n) is 16.9. The van der Waals surface area contributed by atoms with E-state index >= 15 is 0 Å². The monoisotopic (exact) mass is 880 g/mol. The van der Waals surface area contributed by atoms with Crippen LogP contribution in [0.3, 0.4) is 0 Å². The van der Waals surface area contributed by atoms with Gasteiger partial charge in [-0.15, -0.1) is 0 Å². The fraction of sp³-hybridized carbons (Fsp3) is 0.0645. The first-order valence-corrected chi connectivity index (χ1v) is 23.2. The highest BCUT2D eigenvalue weighted by Crippen LogP contribution is 2.38. The van der Waals surface area contributed by atoms with Gasteiger partial charge in [0.2, 0.25) is 11.8 Å². The molecule has 7 aromatic carbocycles. The van der Waals surface area contributed by atoms with Gasteiger partial charge in [-0.2, -0.15) is 0 Å². The lowest BCUT2D eigenvalue weighted by molar-refractivity contribution is 0.619. The van der Waals surface area contributed by atoms with Crippen LogP contribution < -0.4 is 9.80 Å². The van der Waals surface area contributed by atoms with Crippen LogP contribution in [0.15, 0.2) is 252 Å². The lowest BCUT2D eigenvalue weighted by atomic mass is 9.99. The van der Waals surface area contributed by atoms with Crippen LogP contribution in [0.25, 0.3) is 72.9 Å². The normalized spacial score (nSPS) is 13.6. The lowest BCUT2D eigenvalue weighted by Crippen LogP contribution is -2.16. The Morgan fingerprint density at radius 1 is 0.471 bits per heavy atom. The van der Waals surface area contributed by atoms with Crippen molar-refractivity contribution in [3.8, 4) is 45.2 Å². The Kier molecular flexibility index (Phi) is 11.5. The minimum atomic E-state index is 0.577. The third-order valence-electron chi connectivity index (χ3n) is 12.5. The third kappa shape index (κ3) is 8.47. The van der Waals surface area contributed by atoms with Crippen molar-refractivity contribution in [1.29, 1.82) is 0 Å². The fourth-order valence-electron chi connectivity index (χ4n) is 9.05. The highest BCUT2D eigenvalue weighted by Gasteiger charge is 2.19. The van der Waals surface area contributed by atoms with Gasteiger partial charge in [0.25, 0.3) is 0 Å². The van der Waals surface area contributed by atoms with Gasteiger partial charge in [0.1, 0.15) is 11.0 Å². The zero-order valence-corrected chi connectivity index (χ0v) is 37.6. The van der Waals surface area contributed by atoms with Crippen molar-refractivity contribution in [2.24, 2.45) is 0 Å². The molecule has 2 aliphatic carbocycles. The number of aromatic nitrogens is 2. The Hall–Kier alpha value is -8.74. The Morgan fingerprint density at radius 2 is 0.956 bits per heavy atom. The van der Waals surface area contributed by atoms with Crippen molar-refractivity contribution in [3.63, 3.8) is 0 Å². The summed E-state index contributed by atoms with van der Waals surface area (Å²) in [5, 5.41) is 0. The molecule has 2 aliphatic rings. The molecule has 9 aromatic rings. The molecule has 0 spiro atoms. The van der Waals surface area contributed by atoms with Crippen molar-refractivity contribution in [1.82, 2.24) is 9.97 Å². The molecule has 2 heterocycles. The molecule has 68 heavy (non-hydrogen) atoms. The third-order valence-corrected chi connectivity index (χ3v) is 12.5. The van der Waals surface area contributed by atoms with Crippen molar-refractivity contribution in [2.75, 3.05) is 9.80 Å². The van der Waals surface area contributed by atoms with Crippen LogP contribution in [0.4, 0.5) is 22.7 Å². The molecule has 0 radical (unpaired) electrons. The predicted octanol–water partition coefficient (Wildman–Crippen LogP) is 17.1. The first kappa shape index (κ1) is 41.9. The van der Waals surface area contributed by atoms with Gasteiger partial charge < -0.3 is 18.6 Å². The van der Waals surface area contributed by atoms with Crippen LogP contribution in [-0.2, 0) is 0 Å². The predicted molar refractivity (Wildman–Crippen MR) is 282 cm³/mol. The summed E-state index contributed by atoms with van der Waals surface area (Å²) < 4.78 is 12.5. The highest BCUT2D eigenvalue weighted by atomic mass is 16.4. The molecule has 328 valence electrons. The second-order valence-corrected chi connectivity index (χ2v) is 16.9. The van der Waals surface area contributed by atoms with Gasteiger partial charge in [-0.05, 0) is 174 Å². The maximum atomic E-state index is 6.26. The molecule has 0 saturated heterocycles. The lowest BCUT2D eigenvalue weighted by Gasteiger charge is -2.28. The van der Waals surface area contributed by atoms with E-state index in [1.165, 1.54) is 5.57 Å². The van der Waals surface area contributed by atoms with Gasteiger partial charge in [-0.25, -0.2) is 9.97 Å². The van der Waals surface area contributed by atoms with E-state index in [0.717, 1.165) is 121 Å². The van der Waals surface area contributed by atoms with E-state index in [0.29, 0.717) is 11.8 Å². The van der Waals surface area contributed by atoms with E-state index in [2.05, 4.69) is 181 Å². The summed E-state index contributed by atoms with van der Waals surface area (Å²) in [6, 6.07) is 56.9. The fourth-order valence-corrected chi connectivity index (χ4v) is 9.05. The van der Waals surface area contributed by atoms with Crippen molar-refractivity contribution in [3.05, 3.63) is 249 Å². The maximum absolute atomic E-state index is 6.26. The molecule has 6 heteroatoms. The molecule has 2 aromatic heterocycles. The first-order chi connectivity index (χ1) is 33.6. The number of hydrogen-bond donors (Lipinski definition) is 0. The average Bonchev–Trinajstić information content (AvgIpc) is 4.05. The van der Waals surface area contributed by atoms with Crippen LogP contribution in [0.5, 0.6) is 0 Å². The summed E-state index contributed by atoms with van der Waals surface area (Å²) >= 11 is 0. The maximum Gasteiger partial charge on any atom is 0.227 e. The zero-order chi connectivity index (χ0) is 45.8. The van der Waals surface area contributed by atoms with E-state index < -0.39 is 0 Å². The minimum Gasteiger partial charge on any atom is -0.436 e.